The molecule has 2 N–H and O–H groups in total. The third-order valence-corrected chi connectivity index (χ3v) is 3.70. The molecule has 1 aliphatic heterocycles. The van der Waals surface area contributed by atoms with Crippen molar-refractivity contribution in [2.45, 2.75) is 18.8 Å². The monoisotopic (exact) mass is 315 g/mol. The van der Waals surface area contributed by atoms with Crippen molar-refractivity contribution >= 4 is 5.97 Å². The SMILES string of the molecule is O=C(O)c1ccc(O[C@@H]2CN(Cc3cnccn3)C[C@H]2O)cc1. The Balaban J connectivity index is 1.59. The van der Waals surface area contributed by atoms with Crippen molar-refractivity contribution in [1.82, 2.24) is 14.9 Å². The summed E-state index contributed by atoms with van der Waals surface area (Å²) in [6.45, 7) is 1.66. The van der Waals surface area contributed by atoms with Crippen LogP contribution < -0.4 is 4.74 Å². The van der Waals surface area contributed by atoms with E-state index in [0.29, 0.717) is 25.4 Å². The van der Waals surface area contributed by atoms with Gasteiger partial charge in [0.25, 0.3) is 0 Å². The van der Waals surface area contributed by atoms with Gasteiger partial charge in [0, 0.05) is 38.2 Å². The summed E-state index contributed by atoms with van der Waals surface area (Å²) in [5.74, 6) is -0.437. The molecule has 23 heavy (non-hydrogen) atoms. The first-order valence-electron chi connectivity index (χ1n) is 7.27. The molecule has 7 heteroatoms. The van der Waals surface area contributed by atoms with Gasteiger partial charge in [0.15, 0.2) is 0 Å². The number of benzene rings is 1. The number of ether oxygens (including phenoxy) is 1. The Kier molecular flexibility index (Phi) is 4.50. The number of aromatic carboxylic acids is 1. The van der Waals surface area contributed by atoms with Gasteiger partial charge in [-0.05, 0) is 24.3 Å². The number of rotatable bonds is 5. The van der Waals surface area contributed by atoms with Gasteiger partial charge in [-0.15, -0.1) is 0 Å². The van der Waals surface area contributed by atoms with Crippen LogP contribution in [0.25, 0.3) is 0 Å². The van der Waals surface area contributed by atoms with Gasteiger partial charge in [-0.3, -0.25) is 14.9 Å². The Labute approximate surface area is 133 Å². The van der Waals surface area contributed by atoms with Gasteiger partial charge in [0.1, 0.15) is 18.0 Å². The molecular weight excluding hydrogens is 298 g/mol. The van der Waals surface area contributed by atoms with Crippen molar-refractivity contribution in [2.24, 2.45) is 0 Å². The maximum atomic E-state index is 10.8. The lowest BCUT2D eigenvalue weighted by Crippen LogP contribution is -2.29. The van der Waals surface area contributed by atoms with Gasteiger partial charge in [0.2, 0.25) is 0 Å². The van der Waals surface area contributed by atoms with Gasteiger partial charge < -0.3 is 14.9 Å². The minimum atomic E-state index is -0.979. The van der Waals surface area contributed by atoms with Crippen LogP contribution in [0.15, 0.2) is 42.9 Å². The van der Waals surface area contributed by atoms with Gasteiger partial charge in [-0.2, -0.15) is 0 Å². The number of β-amino-alcohol motifs (C(OH)–C–C–N with tert-alkyl or cyclic N) is 1. The van der Waals surface area contributed by atoms with E-state index in [1.165, 1.54) is 12.1 Å². The van der Waals surface area contributed by atoms with E-state index >= 15 is 0 Å². The molecule has 1 aliphatic rings. The number of aliphatic hydroxyl groups is 1. The van der Waals surface area contributed by atoms with Crippen LogP contribution in [0.4, 0.5) is 0 Å². The van der Waals surface area contributed by atoms with Crippen molar-refractivity contribution in [3.05, 3.63) is 54.1 Å². The summed E-state index contributed by atoms with van der Waals surface area (Å²) in [7, 11) is 0. The molecule has 1 fully saturated rings. The lowest BCUT2D eigenvalue weighted by atomic mass is 10.2. The molecular formula is C16H17N3O4. The zero-order valence-corrected chi connectivity index (χ0v) is 12.4. The molecule has 7 nitrogen and oxygen atoms in total. The minimum absolute atomic E-state index is 0.202. The summed E-state index contributed by atoms with van der Waals surface area (Å²) in [5.41, 5.74) is 1.04. The van der Waals surface area contributed by atoms with Crippen LogP contribution in [-0.4, -0.2) is 56.3 Å². The van der Waals surface area contributed by atoms with E-state index in [0.717, 1.165) is 5.69 Å². The Bertz CT molecular complexity index is 663. The van der Waals surface area contributed by atoms with E-state index in [1.54, 1.807) is 30.7 Å². The molecule has 2 heterocycles. The zero-order valence-electron chi connectivity index (χ0n) is 12.4. The number of hydrogen-bond acceptors (Lipinski definition) is 6. The summed E-state index contributed by atoms with van der Waals surface area (Å²) in [4.78, 5) is 21.1. The molecule has 120 valence electrons. The number of nitrogens with zero attached hydrogens (tertiary/aromatic N) is 3. The van der Waals surface area contributed by atoms with Crippen LogP contribution in [0.2, 0.25) is 0 Å². The van der Waals surface area contributed by atoms with Gasteiger partial charge >= 0.3 is 5.97 Å². The second-order valence-electron chi connectivity index (χ2n) is 5.44. The average Bonchev–Trinajstić information content (AvgIpc) is 2.88. The van der Waals surface area contributed by atoms with E-state index in [9.17, 15) is 9.90 Å². The highest BCUT2D eigenvalue weighted by Crippen LogP contribution is 2.20. The molecule has 2 aromatic rings. The third-order valence-electron chi connectivity index (χ3n) is 3.70. The molecule has 0 aliphatic carbocycles. The Morgan fingerprint density at radius 3 is 2.70 bits per heavy atom. The summed E-state index contributed by atoms with van der Waals surface area (Å²) in [5, 5.41) is 19.0. The number of likely N-dealkylation sites (tertiary alicyclic amines) is 1. The van der Waals surface area contributed by atoms with Crippen molar-refractivity contribution < 1.29 is 19.7 Å². The molecule has 3 rings (SSSR count). The second-order valence-corrected chi connectivity index (χ2v) is 5.44. The average molecular weight is 315 g/mol. The van der Waals surface area contributed by atoms with Crippen molar-refractivity contribution in [3.8, 4) is 5.75 Å². The fourth-order valence-corrected chi connectivity index (χ4v) is 2.57. The van der Waals surface area contributed by atoms with Crippen molar-refractivity contribution in [2.75, 3.05) is 13.1 Å². The molecule has 0 saturated carbocycles. The summed E-state index contributed by atoms with van der Waals surface area (Å²) in [6, 6.07) is 6.16. The summed E-state index contributed by atoms with van der Waals surface area (Å²) < 4.78 is 5.77. The van der Waals surface area contributed by atoms with E-state index < -0.39 is 12.1 Å². The molecule has 1 saturated heterocycles. The van der Waals surface area contributed by atoms with Gasteiger partial charge in [-0.25, -0.2) is 4.79 Å². The fourth-order valence-electron chi connectivity index (χ4n) is 2.57. The maximum Gasteiger partial charge on any atom is 0.335 e. The van der Waals surface area contributed by atoms with Crippen LogP contribution in [-0.2, 0) is 6.54 Å². The molecule has 1 aromatic carbocycles. The first-order chi connectivity index (χ1) is 11.1. The number of carboxylic acid groups (broad SMARTS) is 1. The van der Waals surface area contributed by atoms with E-state index in [4.69, 9.17) is 9.84 Å². The standard InChI is InChI=1S/C16H17N3O4/c20-14-9-19(8-12-7-17-5-6-18-12)10-15(14)23-13-3-1-11(2-4-13)16(21)22/h1-7,14-15,20H,8-10H2,(H,21,22)/t14-,15-/m1/s1. The molecule has 0 bridgehead atoms. The molecule has 0 unspecified atom stereocenters. The Hall–Kier alpha value is -2.51. The zero-order chi connectivity index (χ0) is 16.2. The number of hydrogen-bond donors (Lipinski definition) is 2. The van der Waals surface area contributed by atoms with Crippen LogP contribution in [0.3, 0.4) is 0 Å². The molecule has 0 amide bonds. The van der Waals surface area contributed by atoms with E-state index in [-0.39, 0.29) is 11.7 Å². The summed E-state index contributed by atoms with van der Waals surface area (Å²) >= 11 is 0. The molecule has 0 spiro atoms. The number of carboxylic acids is 1. The summed E-state index contributed by atoms with van der Waals surface area (Å²) in [6.07, 6.45) is 3.99. The minimum Gasteiger partial charge on any atom is -0.486 e. The normalized spacial score (nSPS) is 21.3. The molecule has 1 aromatic heterocycles. The highest BCUT2D eigenvalue weighted by Gasteiger charge is 2.33. The molecule has 0 radical (unpaired) electrons. The maximum absolute atomic E-state index is 10.8. The number of aliphatic hydroxyl groups excluding tert-OH is 1. The molecule has 2 atom stereocenters. The van der Waals surface area contributed by atoms with Crippen molar-refractivity contribution in [3.63, 3.8) is 0 Å². The predicted octanol–water partition coefficient (Wildman–Crippen LogP) is 0.799. The Morgan fingerprint density at radius 2 is 2.04 bits per heavy atom. The van der Waals surface area contributed by atoms with Gasteiger partial charge in [0.05, 0.1) is 11.3 Å². The third kappa shape index (κ3) is 3.82. The smallest absolute Gasteiger partial charge is 0.335 e. The van der Waals surface area contributed by atoms with Crippen LogP contribution in [0, 0.1) is 0 Å². The first kappa shape index (κ1) is 15.4. The van der Waals surface area contributed by atoms with Gasteiger partial charge in [-0.1, -0.05) is 0 Å². The van der Waals surface area contributed by atoms with Crippen LogP contribution in [0.5, 0.6) is 5.75 Å². The Morgan fingerprint density at radius 1 is 1.26 bits per heavy atom. The largest absolute Gasteiger partial charge is 0.486 e. The second kappa shape index (κ2) is 6.72. The van der Waals surface area contributed by atoms with Crippen LogP contribution in [0.1, 0.15) is 16.1 Å². The highest BCUT2D eigenvalue weighted by atomic mass is 16.5. The van der Waals surface area contributed by atoms with E-state index in [1.807, 2.05) is 4.90 Å². The van der Waals surface area contributed by atoms with Crippen LogP contribution >= 0.6 is 0 Å². The van der Waals surface area contributed by atoms with E-state index in [2.05, 4.69) is 9.97 Å². The first-order valence-corrected chi connectivity index (χ1v) is 7.27. The number of carbonyl (C=O) groups is 1. The topological polar surface area (TPSA) is 95.8 Å². The fraction of sp³-hybridized carbons (Fsp3) is 0.312. The lowest BCUT2D eigenvalue weighted by molar-refractivity contribution is 0.0693. The predicted molar refractivity (Wildman–Crippen MR) is 81.1 cm³/mol. The van der Waals surface area contributed by atoms with Crippen molar-refractivity contribution in [1.29, 1.82) is 0 Å². The number of aromatic nitrogens is 2. The quantitative estimate of drug-likeness (QED) is 0.842. The lowest BCUT2D eigenvalue weighted by Gasteiger charge is -2.17. The highest BCUT2D eigenvalue weighted by molar-refractivity contribution is 5.87.